The van der Waals surface area contributed by atoms with E-state index in [0.717, 1.165) is 30.0 Å². The number of amides is 2. The Morgan fingerprint density at radius 3 is 2.55 bits per heavy atom. The molecule has 0 unspecified atom stereocenters. The van der Waals surface area contributed by atoms with Gasteiger partial charge >= 0.3 is 0 Å². The lowest BCUT2D eigenvalue weighted by Gasteiger charge is -2.27. The van der Waals surface area contributed by atoms with Crippen LogP contribution in [0.15, 0.2) is 66.9 Å². The van der Waals surface area contributed by atoms with E-state index in [9.17, 15) is 9.59 Å². The van der Waals surface area contributed by atoms with E-state index in [-0.39, 0.29) is 12.5 Å². The Kier molecular flexibility index (Phi) is 7.19. The summed E-state index contributed by atoms with van der Waals surface area (Å²) < 4.78 is 5.76. The number of piperidine rings is 1. The lowest BCUT2D eigenvalue weighted by atomic mass is 10.1. The smallest absolute Gasteiger partial charge is 0.252 e. The molecule has 7 nitrogen and oxygen atoms in total. The SMILES string of the molecule is NC(=O)c1ccccc1OCc1cccc(C(=O)NCc2ccc(N3CCCCC3)nc2)c1. The first-order chi connectivity index (χ1) is 16.1. The number of carbonyl (C=O) groups excluding carboxylic acids is 2. The van der Waals surface area contributed by atoms with E-state index in [1.807, 2.05) is 30.5 Å². The quantitative estimate of drug-likeness (QED) is 0.552. The number of pyridine rings is 1. The van der Waals surface area contributed by atoms with Crippen LogP contribution >= 0.6 is 0 Å². The van der Waals surface area contributed by atoms with Crippen LogP contribution in [0.2, 0.25) is 0 Å². The molecule has 170 valence electrons. The maximum Gasteiger partial charge on any atom is 0.252 e. The number of benzene rings is 2. The Hall–Kier alpha value is -3.87. The lowest BCUT2D eigenvalue weighted by molar-refractivity contribution is 0.0949. The lowest BCUT2D eigenvalue weighted by Crippen LogP contribution is -2.30. The molecule has 1 aliphatic rings. The molecule has 2 amide bonds. The maximum atomic E-state index is 12.7. The van der Waals surface area contributed by atoms with Crippen molar-refractivity contribution < 1.29 is 14.3 Å². The standard InChI is InChI=1S/C26H28N4O3/c27-25(31)22-9-2-3-10-23(22)33-18-19-7-6-8-21(15-19)26(32)29-17-20-11-12-24(28-16-20)30-13-4-1-5-14-30/h2-3,6-12,15-16H,1,4-5,13-14,17-18H2,(H2,27,31)(H,29,32). The van der Waals surface area contributed by atoms with Crippen LogP contribution in [0.25, 0.3) is 0 Å². The fourth-order valence-electron chi connectivity index (χ4n) is 3.88. The number of nitrogens with two attached hydrogens (primary N) is 1. The van der Waals surface area contributed by atoms with Gasteiger partial charge < -0.3 is 20.7 Å². The monoisotopic (exact) mass is 444 g/mol. The van der Waals surface area contributed by atoms with E-state index in [2.05, 4.69) is 15.2 Å². The van der Waals surface area contributed by atoms with Crippen molar-refractivity contribution in [1.29, 1.82) is 0 Å². The van der Waals surface area contributed by atoms with Gasteiger partial charge in [-0.15, -0.1) is 0 Å². The summed E-state index contributed by atoms with van der Waals surface area (Å²) in [7, 11) is 0. The first-order valence-electron chi connectivity index (χ1n) is 11.2. The summed E-state index contributed by atoms with van der Waals surface area (Å²) >= 11 is 0. The summed E-state index contributed by atoms with van der Waals surface area (Å²) in [6.07, 6.45) is 5.53. The molecule has 1 aliphatic heterocycles. The van der Waals surface area contributed by atoms with Gasteiger partial charge in [0.05, 0.1) is 5.56 Å². The highest BCUT2D eigenvalue weighted by Gasteiger charge is 2.13. The number of hydrogen-bond acceptors (Lipinski definition) is 5. The van der Waals surface area contributed by atoms with Crippen molar-refractivity contribution in [2.75, 3.05) is 18.0 Å². The summed E-state index contributed by atoms with van der Waals surface area (Å²) in [5.41, 5.74) is 8.03. The molecule has 0 radical (unpaired) electrons. The van der Waals surface area contributed by atoms with Crippen LogP contribution < -0.4 is 20.7 Å². The predicted octanol–water partition coefficient (Wildman–Crippen LogP) is 3.68. The number of anilines is 1. The minimum Gasteiger partial charge on any atom is -0.488 e. The van der Waals surface area contributed by atoms with Gasteiger partial charge in [-0.25, -0.2) is 4.98 Å². The van der Waals surface area contributed by atoms with Crippen molar-refractivity contribution in [3.63, 3.8) is 0 Å². The van der Waals surface area contributed by atoms with Crippen molar-refractivity contribution in [2.45, 2.75) is 32.4 Å². The van der Waals surface area contributed by atoms with Crippen molar-refractivity contribution in [2.24, 2.45) is 5.73 Å². The summed E-state index contributed by atoms with van der Waals surface area (Å²) in [6.45, 7) is 2.72. The van der Waals surface area contributed by atoms with E-state index in [1.54, 1.807) is 36.4 Å². The Balaban J connectivity index is 1.33. The number of aromatic nitrogens is 1. The fourth-order valence-corrected chi connectivity index (χ4v) is 3.88. The second-order valence-electron chi connectivity index (χ2n) is 8.10. The molecule has 1 fully saturated rings. The zero-order valence-electron chi connectivity index (χ0n) is 18.5. The molecule has 3 N–H and O–H groups in total. The summed E-state index contributed by atoms with van der Waals surface area (Å²) in [4.78, 5) is 31.1. The average Bonchev–Trinajstić information content (AvgIpc) is 2.87. The van der Waals surface area contributed by atoms with Crippen molar-refractivity contribution in [1.82, 2.24) is 10.3 Å². The predicted molar refractivity (Wildman–Crippen MR) is 127 cm³/mol. The maximum absolute atomic E-state index is 12.7. The molecular weight excluding hydrogens is 416 g/mol. The van der Waals surface area contributed by atoms with Gasteiger partial charge in [0.25, 0.3) is 11.8 Å². The zero-order chi connectivity index (χ0) is 23.0. The van der Waals surface area contributed by atoms with Gasteiger partial charge in [0.15, 0.2) is 0 Å². The van der Waals surface area contributed by atoms with Gasteiger partial charge in [-0.2, -0.15) is 0 Å². The second kappa shape index (κ2) is 10.6. The molecule has 1 aromatic heterocycles. The van der Waals surface area contributed by atoms with E-state index in [1.165, 1.54) is 19.3 Å². The molecule has 0 saturated carbocycles. The van der Waals surface area contributed by atoms with Gasteiger partial charge in [-0.3, -0.25) is 9.59 Å². The molecule has 33 heavy (non-hydrogen) atoms. The molecule has 0 atom stereocenters. The van der Waals surface area contributed by atoms with Gasteiger partial charge in [0.1, 0.15) is 18.2 Å². The minimum absolute atomic E-state index is 0.172. The van der Waals surface area contributed by atoms with Crippen LogP contribution in [-0.4, -0.2) is 29.9 Å². The first kappa shape index (κ1) is 22.3. The van der Waals surface area contributed by atoms with Crippen LogP contribution in [0.3, 0.4) is 0 Å². The molecule has 0 aliphatic carbocycles. The Morgan fingerprint density at radius 1 is 0.970 bits per heavy atom. The van der Waals surface area contributed by atoms with Gasteiger partial charge in [0, 0.05) is 31.4 Å². The van der Waals surface area contributed by atoms with Crippen LogP contribution in [0.4, 0.5) is 5.82 Å². The van der Waals surface area contributed by atoms with E-state index < -0.39 is 5.91 Å². The van der Waals surface area contributed by atoms with Crippen molar-refractivity contribution in [3.05, 3.63) is 89.1 Å². The van der Waals surface area contributed by atoms with E-state index >= 15 is 0 Å². The third-order valence-corrected chi connectivity index (χ3v) is 5.68. The number of primary amides is 1. The Morgan fingerprint density at radius 2 is 1.79 bits per heavy atom. The molecular formula is C26H28N4O3. The molecule has 0 spiro atoms. The third kappa shape index (κ3) is 5.88. The van der Waals surface area contributed by atoms with Gasteiger partial charge in [-0.1, -0.05) is 30.3 Å². The molecule has 4 rings (SSSR count). The first-order valence-corrected chi connectivity index (χ1v) is 11.2. The number of carbonyl (C=O) groups is 2. The van der Waals surface area contributed by atoms with Crippen LogP contribution in [0.1, 0.15) is 51.1 Å². The normalized spacial score (nSPS) is 13.4. The highest BCUT2D eigenvalue weighted by molar-refractivity contribution is 5.95. The molecule has 2 aromatic carbocycles. The van der Waals surface area contributed by atoms with E-state index in [4.69, 9.17) is 10.5 Å². The highest BCUT2D eigenvalue weighted by atomic mass is 16.5. The number of hydrogen-bond donors (Lipinski definition) is 2. The molecule has 3 aromatic rings. The zero-order valence-corrected chi connectivity index (χ0v) is 18.5. The number of nitrogens with zero attached hydrogens (tertiary/aromatic N) is 2. The number of para-hydroxylation sites is 1. The van der Waals surface area contributed by atoms with Crippen molar-refractivity contribution >= 4 is 17.6 Å². The van der Waals surface area contributed by atoms with Crippen molar-refractivity contribution in [3.8, 4) is 5.75 Å². The van der Waals surface area contributed by atoms with Crippen LogP contribution in [0, 0.1) is 0 Å². The summed E-state index contributed by atoms with van der Waals surface area (Å²) in [5, 5.41) is 2.94. The summed E-state index contributed by atoms with van der Waals surface area (Å²) in [5.74, 6) is 0.697. The number of ether oxygens (including phenoxy) is 1. The number of nitrogens with one attached hydrogen (secondary N) is 1. The Bertz CT molecular complexity index is 1110. The molecule has 2 heterocycles. The number of rotatable bonds is 8. The second-order valence-corrected chi connectivity index (χ2v) is 8.10. The van der Waals surface area contributed by atoms with Gasteiger partial charge in [-0.05, 0) is 60.7 Å². The Labute approximate surface area is 193 Å². The fraction of sp³-hybridized carbons (Fsp3) is 0.269. The molecule has 7 heteroatoms. The largest absolute Gasteiger partial charge is 0.488 e. The van der Waals surface area contributed by atoms with Gasteiger partial charge in [0.2, 0.25) is 0 Å². The minimum atomic E-state index is -0.544. The van der Waals surface area contributed by atoms with E-state index in [0.29, 0.717) is 23.4 Å². The van der Waals surface area contributed by atoms with Crippen LogP contribution in [-0.2, 0) is 13.2 Å². The topological polar surface area (TPSA) is 97.6 Å². The van der Waals surface area contributed by atoms with Crippen LogP contribution in [0.5, 0.6) is 5.75 Å². The average molecular weight is 445 g/mol. The molecule has 0 bridgehead atoms. The molecule has 1 saturated heterocycles. The highest BCUT2D eigenvalue weighted by Crippen LogP contribution is 2.20. The summed E-state index contributed by atoms with van der Waals surface area (Å²) in [6, 6.07) is 18.1. The third-order valence-electron chi connectivity index (χ3n) is 5.68.